The highest BCUT2D eigenvalue weighted by Gasteiger charge is 2.34. The molecular formula is C19H12F3N3O2S. The first kappa shape index (κ1) is 18.2. The molecule has 2 amide bonds. The molecule has 0 unspecified atom stereocenters. The number of nitrogens with one attached hydrogen (secondary N) is 1. The second kappa shape index (κ2) is 6.75. The summed E-state index contributed by atoms with van der Waals surface area (Å²) in [7, 11) is 0. The second-order valence-corrected chi connectivity index (χ2v) is 6.97. The van der Waals surface area contributed by atoms with Gasteiger partial charge in [0, 0.05) is 17.3 Å². The molecule has 1 N–H and O–H groups in total. The molecule has 4 rings (SSSR count). The average Bonchev–Trinajstić information content (AvgIpc) is 3.30. The number of hydrogen-bond acceptors (Lipinski definition) is 4. The van der Waals surface area contributed by atoms with Crippen LogP contribution in [0.2, 0.25) is 0 Å². The Morgan fingerprint density at radius 2 is 1.96 bits per heavy atom. The zero-order valence-corrected chi connectivity index (χ0v) is 15.0. The molecule has 0 fully saturated rings. The van der Waals surface area contributed by atoms with Crippen LogP contribution in [0.1, 0.15) is 31.3 Å². The Morgan fingerprint density at radius 3 is 2.68 bits per heavy atom. The number of amides is 2. The quantitative estimate of drug-likeness (QED) is 0.697. The predicted molar refractivity (Wildman–Crippen MR) is 98.5 cm³/mol. The molecule has 2 heterocycles. The van der Waals surface area contributed by atoms with E-state index in [1.807, 2.05) is 0 Å². The minimum atomic E-state index is -4.50. The van der Waals surface area contributed by atoms with Gasteiger partial charge >= 0.3 is 6.18 Å². The van der Waals surface area contributed by atoms with Crippen molar-refractivity contribution in [3.05, 3.63) is 75.7 Å². The molecule has 9 heteroatoms. The first-order chi connectivity index (χ1) is 13.3. The van der Waals surface area contributed by atoms with E-state index in [4.69, 9.17) is 0 Å². The Morgan fingerprint density at radius 1 is 1.18 bits per heavy atom. The average molecular weight is 403 g/mol. The standard InChI is InChI=1S/C19H12F3N3O2S/c20-19(21,22)12-4-2-5-13(9-12)25-10-11-3-1-6-14(15(11)18(25)27)24-16(26)17-23-7-8-28-17/h1-9H,10H2,(H,24,26). The molecule has 0 spiro atoms. The summed E-state index contributed by atoms with van der Waals surface area (Å²) in [6.45, 7) is 0.121. The lowest BCUT2D eigenvalue weighted by atomic mass is 10.1. The van der Waals surface area contributed by atoms with Crippen LogP contribution in [0, 0.1) is 0 Å². The summed E-state index contributed by atoms with van der Waals surface area (Å²) < 4.78 is 39.0. The fourth-order valence-corrected chi connectivity index (χ4v) is 3.57. The van der Waals surface area contributed by atoms with Crippen molar-refractivity contribution in [3.63, 3.8) is 0 Å². The Balaban J connectivity index is 1.65. The van der Waals surface area contributed by atoms with Crippen molar-refractivity contribution in [1.29, 1.82) is 0 Å². The number of alkyl halides is 3. The van der Waals surface area contributed by atoms with Crippen molar-refractivity contribution in [2.75, 3.05) is 10.2 Å². The molecule has 0 atom stereocenters. The van der Waals surface area contributed by atoms with Crippen molar-refractivity contribution in [2.45, 2.75) is 12.7 Å². The van der Waals surface area contributed by atoms with E-state index in [2.05, 4.69) is 10.3 Å². The third kappa shape index (κ3) is 3.24. The van der Waals surface area contributed by atoms with Gasteiger partial charge in [-0.15, -0.1) is 11.3 Å². The summed E-state index contributed by atoms with van der Waals surface area (Å²) in [5.74, 6) is -0.918. The summed E-state index contributed by atoms with van der Waals surface area (Å²) in [5.41, 5.74) is 0.514. The molecule has 0 bridgehead atoms. The minimum absolute atomic E-state index is 0.121. The van der Waals surface area contributed by atoms with Crippen LogP contribution >= 0.6 is 11.3 Å². The van der Waals surface area contributed by atoms with Crippen LogP contribution in [0.5, 0.6) is 0 Å². The smallest absolute Gasteiger partial charge is 0.319 e. The molecule has 0 saturated heterocycles. The molecule has 1 aliphatic heterocycles. The highest BCUT2D eigenvalue weighted by molar-refractivity contribution is 7.11. The van der Waals surface area contributed by atoms with Crippen LogP contribution in [0.25, 0.3) is 0 Å². The summed E-state index contributed by atoms with van der Waals surface area (Å²) >= 11 is 1.16. The van der Waals surface area contributed by atoms with E-state index in [0.717, 1.165) is 23.5 Å². The Bertz CT molecular complexity index is 1060. The Labute approximate surface area is 161 Å². The topological polar surface area (TPSA) is 62.3 Å². The van der Waals surface area contributed by atoms with Gasteiger partial charge in [0.1, 0.15) is 0 Å². The molecule has 5 nitrogen and oxygen atoms in total. The van der Waals surface area contributed by atoms with Gasteiger partial charge in [-0.3, -0.25) is 9.59 Å². The van der Waals surface area contributed by atoms with Crippen LogP contribution in [0.3, 0.4) is 0 Å². The molecule has 0 radical (unpaired) electrons. The van der Waals surface area contributed by atoms with Crippen LogP contribution in [-0.4, -0.2) is 16.8 Å². The highest BCUT2D eigenvalue weighted by Crippen LogP contribution is 2.36. The third-order valence-electron chi connectivity index (χ3n) is 4.30. The first-order valence-corrected chi connectivity index (χ1v) is 9.04. The lowest BCUT2D eigenvalue weighted by Gasteiger charge is -2.17. The van der Waals surface area contributed by atoms with E-state index < -0.39 is 23.6 Å². The van der Waals surface area contributed by atoms with Crippen molar-refractivity contribution in [3.8, 4) is 0 Å². The number of halogens is 3. The third-order valence-corrected chi connectivity index (χ3v) is 5.07. The maximum absolute atomic E-state index is 13.0. The van der Waals surface area contributed by atoms with Crippen molar-refractivity contribution in [2.24, 2.45) is 0 Å². The zero-order valence-electron chi connectivity index (χ0n) is 14.2. The molecule has 0 aliphatic carbocycles. The number of carbonyl (C=O) groups is 2. The van der Waals surface area contributed by atoms with Crippen molar-refractivity contribution in [1.82, 2.24) is 4.98 Å². The maximum Gasteiger partial charge on any atom is 0.416 e. The van der Waals surface area contributed by atoms with Gasteiger partial charge in [-0.25, -0.2) is 4.98 Å². The lowest BCUT2D eigenvalue weighted by Crippen LogP contribution is -2.24. The van der Waals surface area contributed by atoms with Gasteiger partial charge in [-0.05, 0) is 29.8 Å². The number of anilines is 2. The maximum atomic E-state index is 13.0. The molecule has 0 saturated carbocycles. The van der Waals surface area contributed by atoms with E-state index in [9.17, 15) is 22.8 Å². The highest BCUT2D eigenvalue weighted by atomic mass is 32.1. The molecule has 2 aromatic carbocycles. The van der Waals surface area contributed by atoms with Gasteiger partial charge in [-0.2, -0.15) is 13.2 Å². The second-order valence-electron chi connectivity index (χ2n) is 6.07. The Kier molecular flexibility index (Phi) is 4.38. The van der Waals surface area contributed by atoms with E-state index in [1.165, 1.54) is 23.2 Å². The molecule has 1 aromatic heterocycles. The van der Waals surface area contributed by atoms with E-state index in [1.54, 1.807) is 23.6 Å². The van der Waals surface area contributed by atoms with E-state index >= 15 is 0 Å². The van der Waals surface area contributed by atoms with Crippen LogP contribution in [-0.2, 0) is 12.7 Å². The summed E-state index contributed by atoms with van der Waals surface area (Å²) in [6, 6.07) is 9.58. The van der Waals surface area contributed by atoms with Gasteiger partial charge in [0.2, 0.25) is 0 Å². The molecule has 1 aliphatic rings. The lowest BCUT2D eigenvalue weighted by molar-refractivity contribution is -0.137. The number of benzene rings is 2. The van der Waals surface area contributed by atoms with Crippen molar-refractivity contribution >= 4 is 34.5 Å². The fourth-order valence-electron chi connectivity index (χ4n) is 3.04. The minimum Gasteiger partial charge on any atom is -0.319 e. The number of fused-ring (bicyclic) bond motifs is 1. The van der Waals surface area contributed by atoms with Gasteiger partial charge in [0.15, 0.2) is 5.01 Å². The summed E-state index contributed by atoms with van der Waals surface area (Å²) in [5, 5.41) is 4.57. The van der Waals surface area contributed by atoms with Crippen LogP contribution in [0.15, 0.2) is 54.0 Å². The SMILES string of the molecule is O=C(Nc1cccc2c1C(=O)N(c1cccc(C(F)(F)F)c1)C2)c1nccs1. The number of thiazole rings is 1. The van der Waals surface area contributed by atoms with Gasteiger partial charge < -0.3 is 10.2 Å². The van der Waals surface area contributed by atoms with Crippen LogP contribution in [0.4, 0.5) is 24.5 Å². The van der Waals surface area contributed by atoms with E-state index in [-0.39, 0.29) is 22.8 Å². The van der Waals surface area contributed by atoms with Gasteiger partial charge in [0.25, 0.3) is 11.8 Å². The molecule has 142 valence electrons. The number of hydrogen-bond donors (Lipinski definition) is 1. The molecule has 3 aromatic rings. The number of rotatable bonds is 3. The number of aromatic nitrogens is 1. The predicted octanol–water partition coefficient (Wildman–Crippen LogP) is 4.57. The van der Waals surface area contributed by atoms with Crippen LogP contribution < -0.4 is 10.2 Å². The normalized spacial score (nSPS) is 13.5. The largest absolute Gasteiger partial charge is 0.416 e. The van der Waals surface area contributed by atoms with Gasteiger partial charge in [0.05, 0.1) is 23.4 Å². The fraction of sp³-hybridized carbons (Fsp3) is 0.105. The first-order valence-electron chi connectivity index (χ1n) is 8.16. The number of nitrogens with zero attached hydrogens (tertiary/aromatic N) is 2. The Hall–Kier alpha value is -3.20. The summed E-state index contributed by atoms with van der Waals surface area (Å²) in [6.07, 6.45) is -3.01. The molecule has 28 heavy (non-hydrogen) atoms. The molecular weight excluding hydrogens is 391 g/mol. The number of carbonyl (C=O) groups excluding carboxylic acids is 2. The van der Waals surface area contributed by atoms with E-state index in [0.29, 0.717) is 11.3 Å². The monoisotopic (exact) mass is 403 g/mol. The van der Waals surface area contributed by atoms with Gasteiger partial charge in [-0.1, -0.05) is 18.2 Å². The summed E-state index contributed by atoms with van der Waals surface area (Å²) in [4.78, 5) is 30.4. The van der Waals surface area contributed by atoms with Crippen molar-refractivity contribution < 1.29 is 22.8 Å². The zero-order chi connectivity index (χ0) is 19.9.